The maximum atomic E-state index is 12.8. The number of aromatic nitrogens is 2. The number of piperidine rings is 1. The van der Waals surface area contributed by atoms with Gasteiger partial charge >= 0.3 is 0 Å². The number of carbonyl (C=O) groups excluding carboxylic acids is 1. The van der Waals surface area contributed by atoms with Crippen LogP contribution in [0, 0.1) is 0 Å². The Balaban J connectivity index is 1.68. The zero-order valence-corrected chi connectivity index (χ0v) is 14.0. The summed E-state index contributed by atoms with van der Waals surface area (Å²) in [6, 6.07) is 9.86. The number of fused-ring (bicyclic) bond motifs is 1. The van der Waals surface area contributed by atoms with Crippen LogP contribution in [-0.2, 0) is 0 Å². The van der Waals surface area contributed by atoms with E-state index in [0.717, 1.165) is 36.3 Å². The zero-order chi connectivity index (χ0) is 15.8. The van der Waals surface area contributed by atoms with Crippen LogP contribution in [0.4, 0.5) is 0 Å². The monoisotopic (exact) mass is 345 g/mol. The zero-order valence-electron chi connectivity index (χ0n) is 12.5. The van der Waals surface area contributed by atoms with Gasteiger partial charge in [-0.3, -0.25) is 4.79 Å². The van der Waals surface area contributed by atoms with Crippen LogP contribution >= 0.6 is 22.9 Å². The fourth-order valence-corrected chi connectivity index (χ4v) is 4.39. The Morgan fingerprint density at radius 2 is 2.22 bits per heavy atom. The maximum absolute atomic E-state index is 12.8. The van der Waals surface area contributed by atoms with Gasteiger partial charge in [0.15, 0.2) is 0 Å². The van der Waals surface area contributed by atoms with Crippen molar-refractivity contribution in [2.24, 2.45) is 0 Å². The number of hydrogen-bond acceptors (Lipinski definition) is 3. The Morgan fingerprint density at radius 1 is 1.35 bits per heavy atom. The van der Waals surface area contributed by atoms with E-state index in [0.29, 0.717) is 10.7 Å². The number of hydrogen-bond donors (Lipinski definition) is 1. The summed E-state index contributed by atoms with van der Waals surface area (Å²) < 4.78 is 1.17. The summed E-state index contributed by atoms with van der Waals surface area (Å²) >= 11 is 7.62. The van der Waals surface area contributed by atoms with Gasteiger partial charge in [-0.15, -0.1) is 11.3 Å². The molecule has 23 heavy (non-hydrogen) atoms. The van der Waals surface area contributed by atoms with E-state index in [2.05, 4.69) is 11.1 Å². The number of nitrogens with one attached hydrogen (secondary N) is 1. The summed E-state index contributed by atoms with van der Waals surface area (Å²) in [5.41, 5.74) is 1.55. The van der Waals surface area contributed by atoms with Crippen molar-refractivity contribution in [3.63, 3.8) is 0 Å². The van der Waals surface area contributed by atoms with Crippen molar-refractivity contribution < 1.29 is 4.79 Å². The molecule has 1 aromatic carbocycles. The van der Waals surface area contributed by atoms with Gasteiger partial charge in [-0.1, -0.05) is 23.7 Å². The number of rotatable bonds is 2. The van der Waals surface area contributed by atoms with Crippen LogP contribution in [-0.4, -0.2) is 27.3 Å². The summed E-state index contributed by atoms with van der Waals surface area (Å²) in [7, 11) is 0. The highest BCUT2D eigenvalue weighted by atomic mass is 35.5. The van der Waals surface area contributed by atoms with Gasteiger partial charge in [0, 0.05) is 12.7 Å². The topological polar surface area (TPSA) is 49.0 Å². The molecule has 1 saturated heterocycles. The minimum atomic E-state index is 0.000793. The Bertz CT molecular complexity index is 823. The second-order valence-electron chi connectivity index (χ2n) is 5.76. The summed E-state index contributed by atoms with van der Waals surface area (Å²) in [4.78, 5) is 22.5. The molecule has 4 rings (SSSR count). The molecule has 6 heteroatoms. The fourth-order valence-electron chi connectivity index (χ4n) is 3.11. The predicted molar refractivity (Wildman–Crippen MR) is 93.1 cm³/mol. The first kappa shape index (κ1) is 14.7. The number of thiazole rings is 1. The van der Waals surface area contributed by atoms with Crippen LogP contribution in [0.15, 0.2) is 36.5 Å². The maximum Gasteiger partial charge on any atom is 0.270 e. The Kier molecular flexibility index (Phi) is 3.83. The smallest absolute Gasteiger partial charge is 0.270 e. The highest BCUT2D eigenvalue weighted by Crippen LogP contribution is 2.36. The molecule has 1 N–H and O–H groups in total. The predicted octanol–water partition coefficient (Wildman–Crippen LogP) is 4.65. The van der Waals surface area contributed by atoms with E-state index in [1.807, 2.05) is 23.1 Å². The lowest BCUT2D eigenvalue weighted by Gasteiger charge is -2.34. The van der Waals surface area contributed by atoms with E-state index in [-0.39, 0.29) is 11.9 Å². The first-order valence-corrected chi connectivity index (χ1v) is 8.92. The van der Waals surface area contributed by atoms with Crippen molar-refractivity contribution in [3.8, 4) is 0 Å². The molecule has 1 amide bonds. The molecule has 118 valence electrons. The quantitative estimate of drug-likeness (QED) is 0.735. The number of H-pyrrole nitrogens is 1. The number of carbonyl (C=O) groups is 1. The lowest BCUT2D eigenvalue weighted by atomic mass is 10.0. The van der Waals surface area contributed by atoms with Gasteiger partial charge in [0.1, 0.15) is 10.7 Å². The largest absolute Gasteiger partial charge is 0.356 e. The highest BCUT2D eigenvalue weighted by Gasteiger charge is 2.31. The lowest BCUT2D eigenvalue weighted by molar-refractivity contribution is 0.0606. The van der Waals surface area contributed by atoms with E-state index < -0.39 is 0 Å². The SMILES string of the molecule is O=C(c1cc(Cl)c[nH]1)N1CCCCC1c1nc2ccccc2s1. The molecule has 1 unspecified atom stereocenters. The third-order valence-corrected chi connectivity index (χ3v) is 5.59. The number of aromatic amines is 1. The molecular formula is C17H16ClN3OS. The van der Waals surface area contributed by atoms with Crippen LogP contribution in [0.25, 0.3) is 10.2 Å². The second-order valence-corrected chi connectivity index (χ2v) is 7.26. The Hall–Kier alpha value is -1.85. The van der Waals surface area contributed by atoms with Crippen molar-refractivity contribution in [1.29, 1.82) is 0 Å². The standard InChI is InChI=1S/C17H16ClN3OS/c18-11-9-13(19-10-11)17(22)21-8-4-3-6-14(21)16-20-12-5-1-2-7-15(12)23-16/h1-2,5,7,9-10,14,19H,3-4,6,8H2. The molecule has 2 aromatic heterocycles. The molecule has 1 aliphatic rings. The fraction of sp³-hybridized carbons (Fsp3) is 0.294. The van der Waals surface area contributed by atoms with Crippen LogP contribution < -0.4 is 0 Å². The van der Waals surface area contributed by atoms with Gasteiger partial charge in [-0.25, -0.2) is 4.98 Å². The first-order chi connectivity index (χ1) is 11.2. The number of halogens is 1. The Labute approximate surface area is 143 Å². The molecule has 1 atom stereocenters. The molecule has 3 heterocycles. The van der Waals surface area contributed by atoms with Gasteiger partial charge in [0.25, 0.3) is 5.91 Å². The third kappa shape index (κ3) is 2.75. The molecule has 0 radical (unpaired) electrons. The van der Waals surface area contributed by atoms with Crippen molar-refractivity contribution in [2.75, 3.05) is 6.54 Å². The normalized spacial score (nSPS) is 18.5. The molecule has 4 nitrogen and oxygen atoms in total. The molecule has 1 fully saturated rings. The number of nitrogens with zero attached hydrogens (tertiary/aromatic N) is 2. The minimum Gasteiger partial charge on any atom is -0.356 e. The molecular weight excluding hydrogens is 330 g/mol. The van der Waals surface area contributed by atoms with Crippen LogP contribution in [0.3, 0.4) is 0 Å². The summed E-state index contributed by atoms with van der Waals surface area (Å²) in [5.74, 6) is 0.000793. The van der Waals surface area contributed by atoms with Gasteiger partial charge < -0.3 is 9.88 Å². The third-order valence-electron chi connectivity index (χ3n) is 4.24. The number of para-hydroxylation sites is 1. The summed E-state index contributed by atoms with van der Waals surface area (Å²) in [6.07, 6.45) is 4.75. The van der Waals surface area contributed by atoms with Crippen molar-refractivity contribution >= 4 is 39.1 Å². The van der Waals surface area contributed by atoms with E-state index in [4.69, 9.17) is 16.6 Å². The van der Waals surface area contributed by atoms with Gasteiger partial charge in [0.2, 0.25) is 0 Å². The molecule has 3 aromatic rings. The molecule has 0 aliphatic carbocycles. The Morgan fingerprint density at radius 3 is 3.00 bits per heavy atom. The van der Waals surface area contributed by atoms with Crippen LogP contribution in [0.1, 0.15) is 40.8 Å². The van der Waals surface area contributed by atoms with Gasteiger partial charge in [0.05, 0.1) is 21.3 Å². The minimum absolute atomic E-state index is 0.000793. The number of likely N-dealkylation sites (tertiary alicyclic amines) is 1. The van der Waals surface area contributed by atoms with E-state index in [9.17, 15) is 4.79 Å². The average molecular weight is 346 g/mol. The van der Waals surface area contributed by atoms with Crippen LogP contribution in [0.2, 0.25) is 5.02 Å². The summed E-state index contributed by atoms with van der Waals surface area (Å²) in [6.45, 7) is 0.760. The van der Waals surface area contributed by atoms with Crippen LogP contribution in [0.5, 0.6) is 0 Å². The molecule has 0 saturated carbocycles. The molecule has 0 spiro atoms. The number of benzene rings is 1. The lowest BCUT2D eigenvalue weighted by Crippen LogP contribution is -2.38. The summed E-state index contributed by atoms with van der Waals surface area (Å²) in [5, 5.41) is 1.58. The van der Waals surface area contributed by atoms with E-state index >= 15 is 0 Å². The van der Waals surface area contributed by atoms with Gasteiger partial charge in [-0.05, 0) is 37.5 Å². The van der Waals surface area contributed by atoms with E-state index in [1.54, 1.807) is 23.6 Å². The van der Waals surface area contributed by atoms with Crippen molar-refractivity contribution in [2.45, 2.75) is 25.3 Å². The number of amides is 1. The van der Waals surface area contributed by atoms with Gasteiger partial charge in [-0.2, -0.15) is 0 Å². The highest BCUT2D eigenvalue weighted by molar-refractivity contribution is 7.18. The van der Waals surface area contributed by atoms with E-state index in [1.165, 1.54) is 4.70 Å². The average Bonchev–Trinajstić information content (AvgIpc) is 3.20. The molecule has 1 aliphatic heterocycles. The first-order valence-electron chi connectivity index (χ1n) is 7.73. The second kappa shape index (κ2) is 5.98. The van der Waals surface area contributed by atoms with Crippen molar-refractivity contribution in [1.82, 2.24) is 14.9 Å². The van der Waals surface area contributed by atoms with Crippen molar-refractivity contribution in [3.05, 3.63) is 52.3 Å². The molecule has 0 bridgehead atoms.